The van der Waals surface area contributed by atoms with Gasteiger partial charge < -0.3 is 18.9 Å². The molecule has 0 fully saturated rings. The summed E-state index contributed by atoms with van der Waals surface area (Å²) in [5.74, 6) is 1.32. The Labute approximate surface area is 212 Å². The molecular weight excluding hydrogens is 519 g/mol. The van der Waals surface area contributed by atoms with Gasteiger partial charge in [-0.05, 0) is 75.9 Å². The van der Waals surface area contributed by atoms with Crippen LogP contribution in [0.5, 0.6) is 23.0 Å². The first-order chi connectivity index (χ1) is 16.9. The molecule has 1 amide bonds. The molecule has 0 radical (unpaired) electrons. The lowest BCUT2D eigenvalue weighted by Crippen LogP contribution is -2.17. The fourth-order valence-corrected chi connectivity index (χ4v) is 3.63. The van der Waals surface area contributed by atoms with Gasteiger partial charge in [0.1, 0.15) is 12.4 Å². The van der Waals surface area contributed by atoms with Crippen molar-refractivity contribution in [3.05, 3.63) is 81.6 Å². The summed E-state index contributed by atoms with van der Waals surface area (Å²) in [6.45, 7) is 2.81. The molecule has 0 aromatic heterocycles. The summed E-state index contributed by atoms with van der Waals surface area (Å²) in [6.07, 6.45) is 2.35. The molecule has 0 saturated heterocycles. The van der Waals surface area contributed by atoms with Crippen LogP contribution in [0.1, 0.15) is 34.8 Å². The van der Waals surface area contributed by atoms with Crippen LogP contribution < -0.4 is 24.4 Å². The first kappa shape index (κ1) is 26.0. The van der Waals surface area contributed by atoms with Crippen LogP contribution in [-0.2, 0) is 6.61 Å². The molecule has 3 rings (SSSR count). The molecule has 0 aliphatic rings. The van der Waals surface area contributed by atoms with Gasteiger partial charge in [0.2, 0.25) is 0 Å². The number of hydrogen-bond acceptors (Lipinski definition) is 6. The van der Waals surface area contributed by atoms with E-state index in [2.05, 4.69) is 26.5 Å². The van der Waals surface area contributed by atoms with Crippen LogP contribution in [0.25, 0.3) is 0 Å². The molecule has 3 aromatic rings. The van der Waals surface area contributed by atoms with Crippen molar-refractivity contribution in [1.82, 2.24) is 5.43 Å². The first-order valence-electron chi connectivity index (χ1n) is 10.8. The second-order valence-electron chi connectivity index (χ2n) is 7.36. The minimum absolute atomic E-state index is 0.241. The molecule has 35 heavy (non-hydrogen) atoms. The van der Waals surface area contributed by atoms with Gasteiger partial charge >= 0.3 is 0 Å². The van der Waals surface area contributed by atoms with Gasteiger partial charge in [-0.2, -0.15) is 5.10 Å². The maximum atomic E-state index is 13.1. The van der Waals surface area contributed by atoms with Crippen LogP contribution in [0.2, 0.25) is 0 Å². The van der Waals surface area contributed by atoms with Crippen LogP contribution in [0.4, 0.5) is 4.39 Å². The van der Waals surface area contributed by atoms with E-state index in [0.717, 1.165) is 12.0 Å². The highest BCUT2D eigenvalue weighted by Gasteiger charge is 2.13. The average Bonchev–Trinajstić information content (AvgIpc) is 2.87. The average molecular weight is 545 g/mol. The zero-order valence-corrected chi connectivity index (χ0v) is 21.2. The van der Waals surface area contributed by atoms with Gasteiger partial charge in [-0.15, -0.1) is 0 Å². The summed E-state index contributed by atoms with van der Waals surface area (Å²) < 4.78 is 36.0. The second kappa shape index (κ2) is 12.8. The molecule has 1 N–H and O–H groups in total. The van der Waals surface area contributed by atoms with Crippen LogP contribution in [-0.4, -0.2) is 32.9 Å². The Hall–Kier alpha value is -3.59. The number of carbonyl (C=O) groups is 1. The van der Waals surface area contributed by atoms with E-state index in [1.807, 2.05) is 6.92 Å². The van der Waals surface area contributed by atoms with E-state index in [0.29, 0.717) is 45.2 Å². The van der Waals surface area contributed by atoms with E-state index < -0.39 is 5.91 Å². The summed E-state index contributed by atoms with van der Waals surface area (Å²) in [5, 5.41) is 4.04. The highest BCUT2D eigenvalue weighted by atomic mass is 79.9. The van der Waals surface area contributed by atoms with Crippen molar-refractivity contribution < 1.29 is 28.1 Å². The molecule has 0 heterocycles. The Bertz CT molecular complexity index is 1190. The smallest absolute Gasteiger partial charge is 0.271 e. The van der Waals surface area contributed by atoms with Crippen molar-refractivity contribution >= 4 is 28.1 Å². The number of halogens is 2. The summed E-state index contributed by atoms with van der Waals surface area (Å²) in [4.78, 5) is 12.5. The molecule has 184 valence electrons. The van der Waals surface area contributed by atoms with E-state index in [-0.39, 0.29) is 12.4 Å². The summed E-state index contributed by atoms with van der Waals surface area (Å²) in [6, 6.07) is 14.5. The van der Waals surface area contributed by atoms with E-state index in [1.165, 1.54) is 32.6 Å². The number of methoxy groups -OCH3 is 2. The largest absolute Gasteiger partial charge is 0.493 e. The van der Waals surface area contributed by atoms with Crippen molar-refractivity contribution in [2.24, 2.45) is 5.10 Å². The number of amides is 1. The van der Waals surface area contributed by atoms with Gasteiger partial charge in [0.05, 0.1) is 31.5 Å². The molecule has 0 unspecified atom stereocenters. The lowest BCUT2D eigenvalue weighted by atomic mass is 10.2. The molecular formula is C26H26BrFN2O5. The molecule has 0 atom stereocenters. The van der Waals surface area contributed by atoms with Crippen molar-refractivity contribution in [3.63, 3.8) is 0 Å². The molecule has 7 nitrogen and oxygen atoms in total. The zero-order valence-electron chi connectivity index (χ0n) is 19.6. The van der Waals surface area contributed by atoms with Gasteiger partial charge in [0.25, 0.3) is 5.91 Å². The summed E-state index contributed by atoms with van der Waals surface area (Å²) in [7, 11) is 3.04. The van der Waals surface area contributed by atoms with Gasteiger partial charge in [-0.25, -0.2) is 9.82 Å². The van der Waals surface area contributed by atoms with Gasteiger partial charge in [-0.3, -0.25) is 4.79 Å². The Morgan fingerprint density at radius 1 is 1.00 bits per heavy atom. The zero-order chi connectivity index (χ0) is 25.2. The van der Waals surface area contributed by atoms with Crippen LogP contribution in [0.3, 0.4) is 0 Å². The number of benzene rings is 3. The Kier molecular flexibility index (Phi) is 9.48. The molecule has 9 heteroatoms. The third-order valence-corrected chi connectivity index (χ3v) is 5.40. The van der Waals surface area contributed by atoms with E-state index >= 15 is 0 Å². The third kappa shape index (κ3) is 7.19. The minimum Gasteiger partial charge on any atom is -0.493 e. The van der Waals surface area contributed by atoms with Crippen molar-refractivity contribution in [2.75, 3.05) is 20.8 Å². The van der Waals surface area contributed by atoms with Gasteiger partial charge in [0, 0.05) is 5.56 Å². The number of nitrogens with one attached hydrogen (secondary N) is 1. The van der Waals surface area contributed by atoms with Crippen molar-refractivity contribution in [1.29, 1.82) is 0 Å². The van der Waals surface area contributed by atoms with Gasteiger partial charge in [0.15, 0.2) is 23.0 Å². The predicted octanol–water partition coefficient (Wildman–Crippen LogP) is 5.74. The van der Waals surface area contributed by atoms with Crippen LogP contribution in [0, 0.1) is 5.82 Å². The number of rotatable bonds is 11. The fraction of sp³-hybridized carbons (Fsp3) is 0.231. The monoisotopic (exact) mass is 544 g/mol. The van der Waals surface area contributed by atoms with E-state index in [4.69, 9.17) is 18.9 Å². The SMILES string of the molecule is CCCOc1ccc(C(=O)N/N=C/c2cc(Br)c(OCc3ccc(F)cc3)c(OC)c2)cc1OC. The third-order valence-electron chi connectivity index (χ3n) is 4.82. The number of carbonyl (C=O) groups excluding carboxylic acids is 1. The van der Waals surface area contributed by atoms with Crippen LogP contribution >= 0.6 is 15.9 Å². The maximum absolute atomic E-state index is 13.1. The standard InChI is InChI=1S/C26H26BrFN2O5/c1-4-11-34-22-10-7-19(14-23(22)32-2)26(31)30-29-15-18-12-21(27)25(24(13-18)33-3)35-16-17-5-8-20(28)9-6-17/h5-10,12-15H,4,11,16H2,1-3H3,(H,30,31)/b29-15+. The molecule has 0 aliphatic carbocycles. The van der Waals surface area contributed by atoms with Crippen LogP contribution in [0.15, 0.2) is 64.2 Å². The number of nitrogens with zero attached hydrogens (tertiary/aromatic N) is 1. The second-order valence-corrected chi connectivity index (χ2v) is 8.22. The highest BCUT2D eigenvalue weighted by Crippen LogP contribution is 2.37. The molecule has 3 aromatic carbocycles. The highest BCUT2D eigenvalue weighted by molar-refractivity contribution is 9.10. The Balaban J connectivity index is 1.66. The normalized spacial score (nSPS) is 10.8. The lowest BCUT2D eigenvalue weighted by molar-refractivity contribution is 0.0954. The van der Waals surface area contributed by atoms with Crippen molar-refractivity contribution in [3.8, 4) is 23.0 Å². The summed E-state index contributed by atoms with van der Waals surface area (Å²) in [5.41, 5.74) is 4.37. The fourth-order valence-electron chi connectivity index (χ4n) is 3.06. The number of hydrogen-bond donors (Lipinski definition) is 1. The first-order valence-corrected chi connectivity index (χ1v) is 11.6. The molecule has 0 spiro atoms. The Morgan fingerprint density at radius 3 is 2.43 bits per heavy atom. The molecule has 0 bridgehead atoms. The minimum atomic E-state index is -0.396. The van der Waals surface area contributed by atoms with E-state index in [9.17, 15) is 9.18 Å². The molecule has 0 saturated carbocycles. The topological polar surface area (TPSA) is 78.4 Å². The predicted molar refractivity (Wildman–Crippen MR) is 135 cm³/mol. The summed E-state index contributed by atoms with van der Waals surface area (Å²) >= 11 is 3.48. The maximum Gasteiger partial charge on any atom is 0.271 e. The number of ether oxygens (including phenoxy) is 4. The molecule has 0 aliphatic heterocycles. The van der Waals surface area contributed by atoms with E-state index in [1.54, 1.807) is 42.5 Å². The Morgan fingerprint density at radius 2 is 1.74 bits per heavy atom. The number of hydrazone groups is 1. The lowest BCUT2D eigenvalue weighted by Gasteiger charge is -2.13. The quantitative estimate of drug-likeness (QED) is 0.246. The van der Waals surface area contributed by atoms with Gasteiger partial charge in [-0.1, -0.05) is 19.1 Å². The van der Waals surface area contributed by atoms with Crippen molar-refractivity contribution in [2.45, 2.75) is 20.0 Å².